The van der Waals surface area contributed by atoms with Gasteiger partial charge in [0.05, 0.1) is 28.4 Å². The first kappa shape index (κ1) is 35.1. The summed E-state index contributed by atoms with van der Waals surface area (Å²) in [5.74, 6) is -0.967. The molecule has 0 bridgehead atoms. The highest BCUT2D eigenvalue weighted by molar-refractivity contribution is 6.03. The molecule has 0 spiro atoms. The van der Waals surface area contributed by atoms with Gasteiger partial charge in [-0.05, 0) is 105 Å². The van der Waals surface area contributed by atoms with E-state index in [9.17, 15) is 40.3 Å². The van der Waals surface area contributed by atoms with Crippen LogP contribution in [-0.2, 0) is 27.4 Å². The Kier molecular flexibility index (Phi) is 9.50. The van der Waals surface area contributed by atoms with E-state index in [1.807, 2.05) is 19.9 Å². The van der Waals surface area contributed by atoms with Gasteiger partial charge in [-0.25, -0.2) is 4.39 Å². The number of carbonyl (C=O) groups is 2. The fraction of sp³-hybridized carbons (Fsp3) is 0.457. The van der Waals surface area contributed by atoms with Crippen molar-refractivity contribution in [3.63, 3.8) is 0 Å². The maximum absolute atomic E-state index is 14.1. The molecule has 2 aromatic carbocycles. The molecule has 4 nitrogen and oxygen atoms in total. The largest absolute Gasteiger partial charge is 0.416 e. The minimum Gasteiger partial charge on any atom is -0.313 e. The molecule has 4 rings (SSSR count). The molecule has 1 saturated carbocycles. The van der Waals surface area contributed by atoms with Crippen LogP contribution in [-0.4, -0.2) is 24.2 Å². The van der Waals surface area contributed by atoms with Crippen LogP contribution in [0.2, 0.25) is 0 Å². The monoisotopic (exact) mass is 650 g/mol. The highest BCUT2D eigenvalue weighted by Gasteiger charge is 2.41. The summed E-state index contributed by atoms with van der Waals surface area (Å²) in [6.07, 6.45) is -4.52. The lowest BCUT2D eigenvalue weighted by Gasteiger charge is -2.36. The number of hydrogen-bond acceptors (Lipinski definition) is 3. The van der Waals surface area contributed by atoms with E-state index < -0.39 is 51.6 Å². The maximum atomic E-state index is 14.1. The number of pyridine rings is 1. The third-order valence-corrected chi connectivity index (χ3v) is 9.39. The zero-order valence-electron chi connectivity index (χ0n) is 26.5. The summed E-state index contributed by atoms with van der Waals surface area (Å²) in [4.78, 5) is 31.4. The van der Waals surface area contributed by atoms with Gasteiger partial charge in [0, 0.05) is 29.6 Å². The van der Waals surface area contributed by atoms with Gasteiger partial charge >= 0.3 is 12.4 Å². The molecule has 0 aliphatic heterocycles. The highest BCUT2D eigenvalue weighted by Crippen LogP contribution is 2.45. The summed E-state index contributed by atoms with van der Waals surface area (Å²) >= 11 is 0. The summed E-state index contributed by atoms with van der Waals surface area (Å²) in [5.41, 5.74) is -3.10. The average molecular weight is 651 g/mol. The van der Waals surface area contributed by atoms with Crippen LogP contribution < -0.4 is 4.90 Å². The molecule has 1 aromatic heterocycles. The number of aryl methyl sites for hydroxylation is 1. The van der Waals surface area contributed by atoms with Crippen molar-refractivity contribution in [2.75, 3.05) is 11.9 Å². The number of aromatic nitrogens is 1. The first-order chi connectivity index (χ1) is 21.2. The van der Waals surface area contributed by atoms with Crippen LogP contribution in [0.1, 0.15) is 87.2 Å². The van der Waals surface area contributed by atoms with E-state index in [1.165, 1.54) is 44.1 Å². The molecule has 0 saturated heterocycles. The molecule has 3 aromatic rings. The number of amides is 1. The van der Waals surface area contributed by atoms with E-state index in [1.54, 1.807) is 13.0 Å². The smallest absolute Gasteiger partial charge is 0.313 e. The first-order valence-corrected chi connectivity index (χ1v) is 15.0. The Hall–Kier alpha value is -3.76. The van der Waals surface area contributed by atoms with Crippen molar-refractivity contribution in [3.8, 4) is 11.1 Å². The summed E-state index contributed by atoms with van der Waals surface area (Å²) in [6.45, 7) is 8.08. The number of anilines is 1. The Morgan fingerprint density at radius 2 is 1.37 bits per heavy atom. The summed E-state index contributed by atoms with van der Waals surface area (Å²) in [7, 11) is 1.38. The van der Waals surface area contributed by atoms with Gasteiger partial charge < -0.3 is 9.69 Å². The number of hydrogen-bond donors (Lipinski definition) is 0. The quantitative estimate of drug-likeness (QED) is 0.189. The van der Waals surface area contributed by atoms with Gasteiger partial charge in [0.15, 0.2) is 0 Å². The summed E-state index contributed by atoms with van der Waals surface area (Å²) < 4.78 is 95.9. The minimum absolute atomic E-state index is 0.0270. The topological polar surface area (TPSA) is 50.3 Å². The van der Waals surface area contributed by atoms with Crippen molar-refractivity contribution < 1.29 is 40.3 Å². The Morgan fingerprint density at radius 3 is 1.87 bits per heavy atom. The third-order valence-electron chi connectivity index (χ3n) is 9.39. The van der Waals surface area contributed by atoms with Crippen LogP contribution in [0.4, 0.5) is 36.4 Å². The molecule has 11 heteroatoms. The van der Waals surface area contributed by atoms with Crippen molar-refractivity contribution in [1.29, 1.82) is 0 Å². The number of halogens is 7. The lowest BCUT2D eigenvalue weighted by molar-refractivity contribution is -0.143. The highest BCUT2D eigenvalue weighted by atomic mass is 19.4. The average Bonchev–Trinajstić information content (AvgIpc) is 2.99. The van der Waals surface area contributed by atoms with Crippen molar-refractivity contribution in [1.82, 2.24) is 4.98 Å². The number of alkyl halides is 6. The van der Waals surface area contributed by atoms with Gasteiger partial charge in [0.25, 0.3) is 0 Å². The van der Waals surface area contributed by atoms with Crippen LogP contribution in [0, 0.1) is 24.1 Å². The molecule has 0 N–H and O–H groups in total. The van der Waals surface area contributed by atoms with Crippen LogP contribution in [0.15, 0.2) is 48.7 Å². The Bertz CT molecular complexity index is 1590. The number of likely N-dealkylation sites (N-methyl/N-ethyl adjacent to an activating group) is 1. The fourth-order valence-electron chi connectivity index (χ4n) is 6.30. The van der Waals surface area contributed by atoms with Crippen molar-refractivity contribution >= 4 is 17.9 Å². The van der Waals surface area contributed by atoms with Gasteiger partial charge in [0.1, 0.15) is 12.1 Å². The number of carbonyl (C=O) groups excluding carboxylic acids is 2. The minimum atomic E-state index is -5.07. The maximum Gasteiger partial charge on any atom is 0.416 e. The van der Waals surface area contributed by atoms with E-state index >= 15 is 0 Å². The van der Waals surface area contributed by atoms with Gasteiger partial charge in [-0.15, -0.1) is 0 Å². The zero-order chi connectivity index (χ0) is 34.4. The zero-order valence-corrected chi connectivity index (χ0v) is 26.5. The SMILES string of the molecule is Cc1cc(F)ccc1-c1cc(C2CCC(C(C)(C)C=O)CC2)ncc1N(C)C(=O)C(C)(C)c1cc(C(F)(F)F)cc(C(F)(F)F)c1. The molecule has 1 amide bonds. The molecule has 0 atom stereocenters. The van der Waals surface area contributed by atoms with Crippen molar-refractivity contribution in [3.05, 3.63) is 82.4 Å². The number of benzene rings is 2. The Labute approximate surface area is 264 Å². The van der Waals surface area contributed by atoms with Crippen molar-refractivity contribution in [2.24, 2.45) is 11.3 Å². The van der Waals surface area contributed by atoms with E-state index in [4.69, 9.17) is 0 Å². The number of rotatable bonds is 7. The predicted molar refractivity (Wildman–Crippen MR) is 162 cm³/mol. The lowest BCUT2D eigenvalue weighted by Crippen LogP contribution is -2.42. The molecule has 1 aliphatic carbocycles. The van der Waals surface area contributed by atoms with Gasteiger partial charge in [-0.2, -0.15) is 26.3 Å². The molecule has 0 radical (unpaired) electrons. The summed E-state index contributed by atoms with van der Waals surface area (Å²) in [5, 5.41) is 0. The van der Waals surface area contributed by atoms with Crippen LogP contribution >= 0.6 is 0 Å². The van der Waals surface area contributed by atoms with Crippen LogP contribution in [0.3, 0.4) is 0 Å². The van der Waals surface area contributed by atoms with Crippen LogP contribution in [0.5, 0.6) is 0 Å². The van der Waals surface area contributed by atoms with Gasteiger partial charge in [-0.3, -0.25) is 9.78 Å². The standard InChI is InChI=1S/C35H37F7N2O2/c1-20-13-26(36)11-12-27(20)28-17-29(21-7-9-22(10-8-21)32(2,3)19-45)43-18-30(28)44(6)31(46)33(4,5)23-14-24(34(37,38)39)16-25(15-23)35(40,41)42/h11-19,21-22H,7-10H2,1-6H3. The molecular weight excluding hydrogens is 613 g/mol. The summed E-state index contributed by atoms with van der Waals surface area (Å²) in [6, 6.07) is 7.13. The number of aldehydes is 1. The third kappa shape index (κ3) is 7.13. The van der Waals surface area contributed by atoms with Crippen molar-refractivity contribution in [2.45, 2.75) is 84.0 Å². The molecule has 248 valence electrons. The Balaban J connectivity index is 1.77. The second-order valence-corrected chi connectivity index (χ2v) is 13.4. The fourth-order valence-corrected chi connectivity index (χ4v) is 6.30. The number of nitrogens with zero attached hydrogens (tertiary/aromatic N) is 2. The molecule has 1 aliphatic rings. The first-order valence-electron chi connectivity index (χ1n) is 15.0. The molecule has 46 heavy (non-hydrogen) atoms. The molecule has 0 unspecified atom stereocenters. The molecule has 1 heterocycles. The van der Waals surface area contributed by atoms with E-state index in [0.29, 0.717) is 28.8 Å². The van der Waals surface area contributed by atoms with Crippen LogP contribution in [0.25, 0.3) is 11.1 Å². The lowest BCUT2D eigenvalue weighted by atomic mass is 9.69. The van der Waals surface area contributed by atoms with E-state index in [0.717, 1.165) is 37.7 Å². The Morgan fingerprint density at radius 1 is 0.826 bits per heavy atom. The normalized spacial score (nSPS) is 17.9. The van der Waals surface area contributed by atoms with E-state index in [-0.39, 0.29) is 23.6 Å². The van der Waals surface area contributed by atoms with Gasteiger partial charge in [-0.1, -0.05) is 19.9 Å². The predicted octanol–water partition coefficient (Wildman–Crippen LogP) is 9.67. The van der Waals surface area contributed by atoms with Gasteiger partial charge in [0.2, 0.25) is 5.91 Å². The second-order valence-electron chi connectivity index (χ2n) is 13.4. The molecular formula is C35H37F7N2O2. The second kappa shape index (κ2) is 12.4. The molecule has 1 fully saturated rings. The van der Waals surface area contributed by atoms with E-state index in [2.05, 4.69) is 4.98 Å².